The molecule has 0 radical (unpaired) electrons. The van der Waals surface area contributed by atoms with Gasteiger partial charge < -0.3 is 5.32 Å². The van der Waals surface area contributed by atoms with E-state index in [2.05, 4.69) is 61.5 Å². The van der Waals surface area contributed by atoms with Crippen molar-refractivity contribution < 1.29 is 4.79 Å². The molecule has 1 N–H and O–H groups in total. The second-order valence-corrected chi connectivity index (χ2v) is 7.94. The van der Waals surface area contributed by atoms with Gasteiger partial charge >= 0.3 is 0 Å². The Hall–Kier alpha value is -2.92. The second-order valence-electron chi connectivity index (χ2n) is 7.94. The molecule has 5 heteroatoms. The minimum Gasteiger partial charge on any atom is -0.322 e. The topological polar surface area (TPSA) is 50.2 Å². The van der Waals surface area contributed by atoms with Gasteiger partial charge in [-0.25, -0.2) is 4.68 Å². The van der Waals surface area contributed by atoms with E-state index in [4.69, 9.17) is 0 Å². The Morgan fingerprint density at radius 1 is 1.00 bits per heavy atom. The first kappa shape index (κ1) is 20.8. The third-order valence-electron chi connectivity index (χ3n) is 5.19. The van der Waals surface area contributed by atoms with Crippen molar-refractivity contribution in [3.63, 3.8) is 0 Å². The van der Waals surface area contributed by atoms with Crippen LogP contribution in [0, 0.1) is 34.6 Å². The molecule has 0 saturated carbocycles. The smallest absolute Gasteiger partial charge is 0.238 e. The molecule has 0 aliphatic rings. The lowest BCUT2D eigenvalue weighted by molar-refractivity contribution is -0.117. The number of hydrogen-bond acceptors (Lipinski definition) is 3. The summed E-state index contributed by atoms with van der Waals surface area (Å²) in [5, 5.41) is 7.67. The average molecular weight is 391 g/mol. The number of aryl methyl sites for hydroxylation is 4. The summed E-state index contributed by atoms with van der Waals surface area (Å²) in [6.07, 6.45) is 0. The number of nitrogens with one attached hydrogen (secondary N) is 1. The molecule has 0 unspecified atom stereocenters. The maximum absolute atomic E-state index is 12.7. The van der Waals surface area contributed by atoms with Crippen LogP contribution in [-0.2, 0) is 11.3 Å². The summed E-state index contributed by atoms with van der Waals surface area (Å²) >= 11 is 0. The summed E-state index contributed by atoms with van der Waals surface area (Å²) in [6.45, 7) is 11.2. The molecule has 3 rings (SSSR count). The van der Waals surface area contributed by atoms with Crippen LogP contribution in [0.5, 0.6) is 0 Å². The molecule has 3 aromatic rings. The zero-order valence-corrected chi connectivity index (χ0v) is 18.2. The van der Waals surface area contributed by atoms with Crippen LogP contribution in [-0.4, -0.2) is 34.2 Å². The van der Waals surface area contributed by atoms with Gasteiger partial charge in [0.15, 0.2) is 0 Å². The zero-order chi connectivity index (χ0) is 21.1. The van der Waals surface area contributed by atoms with Crippen molar-refractivity contribution in [2.75, 3.05) is 18.9 Å². The van der Waals surface area contributed by atoms with Crippen LogP contribution in [0.3, 0.4) is 0 Å². The minimum absolute atomic E-state index is 0.0353. The van der Waals surface area contributed by atoms with Crippen molar-refractivity contribution in [2.24, 2.45) is 0 Å². The van der Waals surface area contributed by atoms with E-state index >= 15 is 0 Å². The second kappa shape index (κ2) is 8.62. The molecule has 1 heterocycles. The Bertz CT molecular complexity index is 1020. The Morgan fingerprint density at radius 2 is 1.66 bits per heavy atom. The molecule has 1 amide bonds. The molecular formula is C24H30N4O. The molecule has 0 aliphatic carbocycles. The van der Waals surface area contributed by atoms with E-state index in [9.17, 15) is 4.79 Å². The third kappa shape index (κ3) is 4.93. The summed E-state index contributed by atoms with van der Waals surface area (Å²) in [5.41, 5.74) is 8.47. The van der Waals surface area contributed by atoms with Gasteiger partial charge in [0, 0.05) is 6.54 Å². The van der Waals surface area contributed by atoms with E-state index in [0.29, 0.717) is 6.54 Å². The SMILES string of the molecule is Cc1ccc(-n2nc(C)c(NC(=O)CN(C)Cc3ccc(C)cc3C)c2C)cc1. The first-order chi connectivity index (χ1) is 13.7. The van der Waals surface area contributed by atoms with Crippen molar-refractivity contribution in [1.29, 1.82) is 0 Å². The maximum Gasteiger partial charge on any atom is 0.238 e. The first-order valence-electron chi connectivity index (χ1n) is 9.92. The number of amides is 1. The largest absolute Gasteiger partial charge is 0.322 e. The van der Waals surface area contributed by atoms with Crippen LogP contribution in [0.25, 0.3) is 5.69 Å². The van der Waals surface area contributed by atoms with E-state index in [1.54, 1.807) is 0 Å². The summed E-state index contributed by atoms with van der Waals surface area (Å²) in [7, 11) is 1.97. The summed E-state index contributed by atoms with van der Waals surface area (Å²) in [6, 6.07) is 14.6. The number of nitrogens with zero attached hydrogens (tertiary/aromatic N) is 3. The Morgan fingerprint density at radius 3 is 2.31 bits per heavy atom. The van der Waals surface area contributed by atoms with Gasteiger partial charge in [0.05, 0.1) is 29.3 Å². The van der Waals surface area contributed by atoms with Gasteiger partial charge in [-0.1, -0.05) is 41.5 Å². The molecule has 0 spiro atoms. The summed E-state index contributed by atoms with van der Waals surface area (Å²) in [5.74, 6) is -0.0353. The summed E-state index contributed by atoms with van der Waals surface area (Å²) in [4.78, 5) is 14.7. The molecule has 0 atom stereocenters. The van der Waals surface area contributed by atoms with Gasteiger partial charge in [0.1, 0.15) is 0 Å². The molecule has 29 heavy (non-hydrogen) atoms. The lowest BCUT2D eigenvalue weighted by atomic mass is 10.1. The number of rotatable bonds is 6. The van der Waals surface area contributed by atoms with Gasteiger partial charge in [-0.15, -0.1) is 0 Å². The van der Waals surface area contributed by atoms with Crippen LogP contribution < -0.4 is 5.32 Å². The highest BCUT2D eigenvalue weighted by molar-refractivity contribution is 5.93. The van der Waals surface area contributed by atoms with Crippen LogP contribution in [0.2, 0.25) is 0 Å². The zero-order valence-electron chi connectivity index (χ0n) is 18.2. The van der Waals surface area contributed by atoms with Crippen LogP contribution >= 0.6 is 0 Å². The number of carbonyl (C=O) groups is 1. The predicted octanol–water partition coefficient (Wildman–Crippen LogP) is 4.48. The minimum atomic E-state index is -0.0353. The van der Waals surface area contributed by atoms with Crippen molar-refractivity contribution in [2.45, 2.75) is 41.2 Å². The average Bonchev–Trinajstić information content (AvgIpc) is 2.93. The van der Waals surface area contributed by atoms with Crippen LogP contribution in [0.15, 0.2) is 42.5 Å². The molecule has 0 aliphatic heterocycles. The molecule has 5 nitrogen and oxygen atoms in total. The number of hydrogen-bond donors (Lipinski definition) is 1. The highest BCUT2D eigenvalue weighted by Crippen LogP contribution is 2.23. The molecule has 2 aromatic carbocycles. The molecule has 0 fully saturated rings. The fourth-order valence-corrected chi connectivity index (χ4v) is 3.55. The van der Waals surface area contributed by atoms with E-state index in [-0.39, 0.29) is 5.91 Å². The van der Waals surface area contributed by atoms with E-state index in [0.717, 1.165) is 29.3 Å². The molecule has 152 valence electrons. The van der Waals surface area contributed by atoms with Crippen molar-refractivity contribution in [1.82, 2.24) is 14.7 Å². The highest BCUT2D eigenvalue weighted by atomic mass is 16.2. The van der Waals surface area contributed by atoms with Crippen LogP contribution in [0.4, 0.5) is 5.69 Å². The van der Waals surface area contributed by atoms with Crippen molar-refractivity contribution in [3.8, 4) is 5.69 Å². The van der Waals surface area contributed by atoms with Gasteiger partial charge in [0.25, 0.3) is 0 Å². The molecule has 0 bridgehead atoms. The standard InChI is InChI=1S/C24H30N4O/c1-16-8-11-22(12-9-16)28-20(5)24(19(4)26-28)25-23(29)15-27(6)14-21-10-7-17(2)13-18(21)3/h7-13H,14-15H2,1-6H3,(H,25,29). The third-order valence-corrected chi connectivity index (χ3v) is 5.19. The van der Waals surface area contributed by atoms with Gasteiger partial charge in [0.2, 0.25) is 5.91 Å². The summed E-state index contributed by atoms with van der Waals surface area (Å²) < 4.78 is 1.88. The number of anilines is 1. The number of carbonyl (C=O) groups excluding carboxylic acids is 1. The van der Waals surface area contributed by atoms with E-state index in [1.807, 2.05) is 42.6 Å². The first-order valence-corrected chi connectivity index (χ1v) is 9.92. The van der Waals surface area contributed by atoms with Crippen molar-refractivity contribution >= 4 is 11.6 Å². The quantitative estimate of drug-likeness (QED) is 0.675. The molecular weight excluding hydrogens is 360 g/mol. The molecule has 0 saturated heterocycles. The lowest BCUT2D eigenvalue weighted by Crippen LogP contribution is -2.30. The predicted molar refractivity (Wildman–Crippen MR) is 119 cm³/mol. The van der Waals surface area contributed by atoms with E-state index in [1.165, 1.54) is 22.3 Å². The normalized spacial score (nSPS) is 11.1. The maximum atomic E-state index is 12.7. The Kier molecular flexibility index (Phi) is 6.18. The van der Waals surface area contributed by atoms with Gasteiger partial charge in [-0.3, -0.25) is 9.69 Å². The Balaban J connectivity index is 1.68. The van der Waals surface area contributed by atoms with E-state index < -0.39 is 0 Å². The van der Waals surface area contributed by atoms with Gasteiger partial charge in [-0.05, 0) is 64.9 Å². The fraction of sp³-hybridized carbons (Fsp3) is 0.333. The monoisotopic (exact) mass is 390 g/mol. The number of benzene rings is 2. The number of likely N-dealkylation sites (N-methyl/N-ethyl adjacent to an activating group) is 1. The Labute approximate surface area is 173 Å². The number of aromatic nitrogens is 2. The fourth-order valence-electron chi connectivity index (χ4n) is 3.55. The highest BCUT2D eigenvalue weighted by Gasteiger charge is 2.16. The molecule has 1 aromatic heterocycles. The van der Waals surface area contributed by atoms with Gasteiger partial charge in [-0.2, -0.15) is 5.10 Å². The van der Waals surface area contributed by atoms with Crippen molar-refractivity contribution in [3.05, 3.63) is 76.1 Å². The van der Waals surface area contributed by atoms with Crippen LogP contribution in [0.1, 0.15) is 33.6 Å². The lowest BCUT2D eigenvalue weighted by Gasteiger charge is -2.18.